The number of hydrogen-bond donors (Lipinski definition) is 1. The summed E-state index contributed by atoms with van der Waals surface area (Å²) < 4.78 is 4.97. The molecule has 1 unspecified atom stereocenters. The smallest absolute Gasteiger partial charge is 0.360 e. The highest BCUT2D eigenvalue weighted by molar-refractivity contribution is 7.14. The van der Waals surface area contributed by atoms with Crippen LogP contribution in [-0.2, 0) is 4.74 Å². The average Bonchev–Trinajstić information content (AvgIpc) is 2.99. The zero-order valence-corrected chi connectivity index (χ0v) is 11.8. The van der Waals surface area contributed by atoms with E-state index in [-0.39, 0.29) is 12.0 Å². The fourth-order valence-corrected chi connectivity index (χ4v) is 3.00. The fourth-order valence-electron chi connectivity index (χ4n) is 1.49. The minimum atomic E-state index is -0.376. The minimum Gasteiger partial charge on any atom is -0.461 e. The van der Waals surface area contributed by atoms with Gasteiger partial charge in [0, 0.05) is 0 Å². The molecule has 0 saturated heterocycles. The van der Waals surface area contributed by atoms with Crippen molar-refractivity contribution in [3.63, 3.8) is 0 Å². The molecule has 6 heteroatoms. The van der Waals surface area contributed by atoms with Crippen LogP contribution >= 0.6 is 22.7 Å². The number of nitrogens with zero attached hydrogens (tertiary/aromatic N) is 1. The molecule has 0 aromatic carbocycles. The first-order valence-corrected chi connectivity index (χ1v) is 7.43. The van der Waals surface area contributed by atoms with Gasteiger partial charge in [-0.2, -0.15) is 11.3 Å². The largest absolute Gasteiger partial charge is 0.461 e. The Morgan fingerprint density at radius 3 is 3.11 bits per heavy atom. The zero-order valence-electron chi connectivity index (χ0n) is 10.2. The summed E-state index contributed by atoms with van der Waals surface area (Å²) in [5, 5.41) is 8.17. The van der Waals surface area contributed by atoms with E-state index in [9.17, 15) is 4.79 Å². The number of rotatable bonds is 5. The summed E-state index contributed by atoms with van der Waals surface area (Å²) >= 11 is 3.06. The monoisotopic (exact) mass is 282 g/mol. The molecular formula is C12H14N2O2S2. The lowest BCUT2D eigenvalue weighted by Crippen LogP contribution is -2.11. The maximum Gasteiger partial charge on any atom is 0.360 e. The van der Waals surface area contributed by atoms with Crippen molar-refractivity contribution in [3.05, 3.63) is 33.6 Å². The van der Waals surface area contributed by atoms with Crippen molar-refractivity contribution in [1.29, 1.82) is 0 Å². The second kappa shape index (κ2) is 5.97. The molecule has 0 saturated carbocycles. The number of thiazole rings is 1. The highest BCUT2D eigenvalue weighted by atomic mass is 32.1. The zero-order chi connectivity index (χ0) is 13.0. The Hall–Kier alpha value is -1.40. The molecule has 0 aliphatic heterocycles. The third kappa shape index (κ3) is 2.88. The van der Waals surface area contributed by atoms with Crippen molar-refractivity contribution < 1.29 is 9.53 Å². The Bertz CT molecular complexity index is 508. The van der Waals surface area contributed by atoms with E-state index in [4.69, 9.17) is 4.74 Å². The number of hydrogen-bond acceptors (Lipinski definition) is 6. The molecule has 0 bridgehead atoms. The standard InChI is InChI=1S/C12H14N2O2S2/c1-3-16-12(15)10-11(18-7-13-10)14-8(2)9-4-5-17-6-9/h4-8,14H,3H2,1-2H3. The topological polar surface area (TPSA) is 51.2 Å². The quantitative estimate of drug-likeness (QED) is 0.852. The molecule has 2 aromatic heterocycles. The molecule has 2 heterocycles. The van der Waals surface area contributed by atoms with Crippen molar-refractivity contribution in [1.82, 2.24) is 4.98 Å². The van der Waals surface area contributed by atoms with Crippen LogP contribution in [0.5, 0.6) is 0 Å². The summed E-state index contributed by atoms with van der Waals surface area (Å²) in [4.78, 5) is 15.7. The number of nitrogens with one attached hydrogen (secondary N) is 1. The van der Waals surface area contributed by atoms with Gasteiger partial charge >= 0.3 is 5.97 Å². The molecule has 2 aromatic rings. The highest BCUT2D eigenvalue weighted by Gasteiger charge is 2.18. The normalized spacial score (nSPS) is 12.1. The summed E-state index contributed by atoms with van der Waals surface area (Å²) in [6.07, 6.45) is 0. The van der Waals surface area contributed by atoms with E-state index in [2.05, 4.69) is 28.7 Å². The molecule has 18 heavy (non-hydrogen) atoms. The molecular weight excluding hydrogens is 268 g/mol. The van der Waals surface area contributed by atoms with Crippen LogP contribution < -0.4 is 5.32 Å². The molecule has 0 aliphatic carbocycles. The highest BCUT2D eigenvalue weighted by Crippen LogP contribution is 2.27. The van der Waals surface area contributed by atoms with Gasteiger partial charge in [-0.05, 0) is 36.2 Å². The number of ether oxygens (including phenoxy) is 1. The maximum absolute atomic E-state index is 11.7. The Balaban J connectivity index is 2.10. The number of anilines is 1. The van der Waals surface area contributed by atoms with Gasteiger partial charge in [-0.15, -0.1) is 11.3 Å². The molecule has 0 aliphatic rings. The molecule has 1 N–H and O–H groups in total. The lowest BCUT2D eigenvalue weighted by molar-refractivity contribution is 0.0521. The predicted octanol–water partition coefficient (Wildman–Crippen LogP) is 3.55. The van der Waals surface area contributed by atoms with E-state index in [0.717, 1.165) is 5.00 Å². The van der Waals surface area contributed by atoms with Gasteiger partial charge in [0.05, 0.1) is 18.2 Å². The molecule has 0 amide bonds. The first-order valence-electron chi connectivity index (χ1n) is 5.61. The van der Waals surface area contributed by atoms with E-state index in [1.165, 1.54) is 16.9 Å². The van der Waals surface area contributed by atoms with Crippen molar-refractivity contribution in [2.45, 2.75) is 19.9 Å². The van der Waals surface area contributed by atoms with Gasteiger partial charge in [0.2, 0.25) is 0 Å². The van der Waals surface area contributed by atoms with Crippen LogP contribution in [0.15, 0.2) is 22.3 Å². The van der Waals surface area contributed by atoms with Gasteiger partial charge in [-0.25, -0.2) is 9.78 Å². The third-order valence-corrected chi connectivity index (χ3v) is 3.89. The average molecular weight is 282 g/mol. The van der Waals surface area contributed by atoms with Crippen LogP contribution in [0, 0.1) is 0 Å². The first kappa shape index (κ1) is 13.0. The van der Waals surface area contributed by atoms with Gasteiger partial charge in [-0.1, -0.05) is 0 Å². The summed E-state index contributed by atoms with van der Waals surface area (Å²) in [5.41, 5.74) is 3.21. The number of thiophene rings is 1. The van der Waals surface area contributed by atoms with Gasteiger partial charge in [0.1, 0.15) is 5.00 Å². The van der Waals surface area contributed by atoms with Crippen molar-refractivity contribution in [3.8, 4) is 0 Å². The molecule has 4 nitrogen and oxygen atoms in total. The van der Waals surface area contributed by atoms with Crippen LogP contribution in [0.4, 0.5) is 5.00 Å². The second-order valence-electron chi connectivity index (χ2n) is 3.67. The molecule has 1 atom stereocenters. The van der Waals surface area contributed by atoms with Crippen LogP contribution in [-0.4, -0.2) is 17.6 Å². The Morgan fingerprint density at radius 2 is 2.44 bits per heavy atom. The van der Waals surface area contributed by atoms with E-state index in [0.29, 0.717) is 12.3 Å². The van der Waals surface area contributed by atoms with Crippen LogP contribution in [0.25, 0.3) is 0 Å². The first-order chi connectivity index (χ1) is 8.72. The van der Waals surface area contributed by atoms with Gasteiger partial charge < -0.3 is 10.1 Å². The van der Waals surface area contributed by atoms with Gasteiger partial charge in [0.25, 0.3) is 0 Å². The summed E-state index contributed by atoms with van der Waals surface area (Å²) in [5.74, 6) is -0.376. The number of carbonyl (C=O) groups is 1. The predicted molar refractivity (Wildman–Crippen MR) is 74.4 cm³/mol. The molecule has 0 spiro atoms. The van der Waals surface area contributed by atoms with Crippen LogP contribution in [0.3, 0.4) is 0 Å². The third-order valence-electron chi connectivity index (χ3n) is 2.43. The molecule has 96 valence electrons. The van der Waals surface area contributed by atoms with Crippen molar-refractivity contribution >= 4 is 33.6 Å². The maximum atomic E-state index is 11.7. The Morgan fingerprint density at radius 1 is 1.61 bits per heavy atom. The second-order valence-corrected chi connectivity index (χ2v) is 5.31. The summed E-state index contributed by atoms with van der Waals surface area (Å²) in [6, 6.07) is 2.21. The number of aromatic nitrogens is 1. The van der Waals surface area contributed by atoms with Gasteiger partial charge in [0.15, 0.2) is 5.69 Å². The summed E-state index contributed by atoms with van der Waals surface area (Å²) in [6.45, 7) is 4.19. The van der Waals surface area contributed by atoms with Gasteiger partial charge in [-0.3, -0.25) is 0 Å². The molecule has 0 radical (unpaired) electrons. The van der Waals surface area contributed by atoms with Crippen molar-refractivity contribution in [2.75, 3.05) is 11.9 Å². The lowest BCUT2D eigenvalue weighted by atomic mass is 10.2. The van der Waals surface area contributed by atoms with E-state index in [1.807, 2.05) is 5.38 Å². The molecule has 2 rings (SSSR count). The summed E-state index contributed by atoms with van der Waals surface area (Å²) in [7, 11) is 0. The van der Waals surface area contributed by atoms with E-state index < -0.39 is 0 Å². The molecule has 0 fully saturated rings. The number of carbonyl (C=O) groups excluding carboxylic acids is 1. The van der Waals surface area contributed by atoms with E-state index >= 15 is 0 Å². The Kier molecular flexibility index (Phi) is 4.33. The van der Waals surface area contributed by atoms with Crippen molar-refractivity contribution in [2.24, 2.45) is 0 Å². The Labute approximate surface area is 114 Å². The fraction of sp³-hybridized carbons (Fsp3) is 0.333. The van der Waals surface area contributed by atoms with E-state index in [1.54, 1.807) is 23.8 Å². The minimum absolute atomic E-state index is 0.143. The SMILES string of the molecule is CCOC(=O)c1ncsc1NC(C)c1ccsc1. The van der Waals surface area contributed by atoms with Crippen LogP contribution in [0.2, 0.25) is 0 Å². The number of esters is 1. The van der Waals surface area contributed by atoms with Crippen LogP contribution in [0.1, 0.15) is 35.9 Å². The lowest BCUT2D eigenvalue weighted by Gasteiger charge is -2.12.